The Bertz CT molecular complexity index is 1480. The molecule has 4 N–H and O–H groups in total. The van der Waals surface area contributed by atoms with Gasteiger partial charge in [-0.15, -0.1) is 0 Å². The van der Waals surface area contributed by atoms with Gasteiger partial charge in [0.15, 0.2) is 5.78 Å². The number of anilines is 2. The Morgan fingerprint density at radius 1 is 0.528 bits per heavy atom. The Morgan fingerprint density at radius 3 is 1.67 bits per heavy atom. The summed E-state index contributed by atoms with van der Waals surface area (Å²) in [4.78, 5) is 13.6. The Balaban J connectivity index is 1.48. The predicted octanol–water partition coefficient (Wildman–Crippen LogP) is 7.33. The molecule has 5 rings (SSSR count). The highest BCUT2D eigenvalue weighted by Crippen LogP contribution is 2.33. The minimum Gasteiger partial charge on any atom is -0.457 e. The first-order valence-electron chi connectivity index (χ1n) is 11.5. The van der Waals surface area contributed by atoms with E-state index in [0.717, 1.165) is 11.1 Å². The molecule has 0 aromatic heterocycles. The molecule has 0 heterocycles. The van der Waals surface area contributed by atoms with Crippen LogP contribution < -0.4 is 20.9 Å². The summed E-state index contributed by atoms with van der Waals surface area (Å²) in [5.41, 5.74) is 15.9. The lowest BCUT2D eigenvalue weighted by Gasteiger charge is -2.14. The van der Waals surface area contributed by atoms with Crippen LogP contribution in [0, 0.1) is 0 Å². The molecular weight excluding hydrogens is 448 g/mol. The van der Waals surface area contributed by atoms with Gasteiger partial charge < -0.3 is 20.9 Å². The second-order valence-electron chi connectivity index (χ2n) is 8.27. The van der Waals surface area contributed by atoms with Gasteiger partial charge in [-0.1, -0.05) is 54.6 Å². The minimum atomic E-state index is -0.178. The van der Waals surface area contributed by atoms with Crippen molar-refractivity contribution in [1.82, 2.24) is 0 Å². The lowest BCUT2D eigenvalue weighted by Crippen LogP contribution is -2.04. The second kappa shape index (κ2) is 10.1. The van der Waals surface area contributed by atoms with Crippen molar-refractivity contribution < 1.29 is 14.3 Å². The fourth-order valence-electron chi connectivity index (χ4n) is 3.77. The van der Waals surface area contributed by atoms with Crippen LogP contribution in [-0.2, 0) is 0 Å². The maximum absolute atomic E-state index is 13.6. The van der Waals surface area contributed by atoms with E-state index in [0.29, 0.717) is 45.5 Å². The molecule has 5 nitrogen and oxygen atoms in total. The lowest BCUT2D eigenvalue weighted by atomic mass is 9.98. The molecule has 0 bridgehead atoms. The van der Waals surface area contributed by atoms with Gasteiger partial charge in [-0.25, -0.2) is 0 Å². The van der Waals surface area contributed by atoms with Gasteiger partial charge in [0.2, 0.25) is 0 Å². The SMILES string of the molecule is Nc1ccc(Oc2ccc(Oc3ccc(N)cc3)c(C(=O)c3ccc(-c4ccccc4)cc3)c2)cc1. The number of carbonyl (C=O) groups is 1. The highest BCUT2D eigenvalue weighted by atomic mass is 16.5. The first-order chi connectivity index (χ1) is 17.5. The topological polar surface area (TPSA) is 87.6 Å². The van der Waals surface area contributed by atoms with E-state index in [2.05, 4.69) is 0 Å². The Hall–Kier alpha value is -5.03. The normalized spacial score (nSPS) is 10.6. The van der Waals surface area contributed by atoms with Crippen LogP contribution in [0.5, 0.6) is 23.0 Å². The molecule has 0 spiro atoms. The Labute approximate surface area is 209 Å². The van der Waals surface area contributed by atoms with Crippen molar-refractivity contribution in [3.63, 3.8) is 0 Å². The number of nitrogens with two attached hydrogens (primary N) is 2. The molecule has 5 aromatic rings. The quantitative estimate of drug-likeness (QED) is 0.191. The third-order valence-corrected chi connectivity index (χ3v) is 5.67. The number of ether oxygens (including phenoxy) is 2. The molecule has 0 saturated carbocycles. The maximum Gasteiger partial charge on any atom is 0.196 e. The molecule has 5 heteroatoms. The van der Waals surface area contributed by atoms with Crippen molar-refractivity contribution in [3.05, 3.63) is 132 Å². The molecule has 0 unspecified atom stereocenters. The van der Waals surface area contributed by atoms with E-state index in [1.54, 1.807) is 66.7 Å². The summed E-state index contributed by atoms with van der Waals surface area (Å²) < 4.78 is 12.1. The van der Waals surface area contributed by atoms with Gasteiger partial charge in [-0.2, -0.15) is 0 Å². The smallest absolute Gasteiger partial charge is 0.196 e. The number of benzene rings is 5. The van der Waals surface area contributed by atoms with Crippen LogP contribution >= 0.6 is 0 Å². The molecule has 5 aromatic carbocycles. The zero-order valence-corrected chi connectivity index (χ0v) is 19.4. The van der Waals surface area contributed by atoms with Gasteiger partial charge in [-0.05, 0) is 77.9 Å². The van der Waals surface area contributed by atoms with Crippen LogP contribution in [0.1, 0.15) is 15.9 Å². The third-order valence-electron chi connectivity index (χ3n) is 5.67. The van der Waals surface area contributed by atoms with Crippen molar-refractivity contribution >= 4 is 17.2 Å². The van der Waals surface area contributed by atoms with Gasteiger partial charge in [0.25, 0.3) is 0 Å². The summed E-state index contributed by atoms with van der Waals surface area (Å²) in [6.07, 6.45) is 0. The van der Waals surface area contributed by atoms with E-state index >= 15 is 0 Å². The molecule has 0 radical (unpaired) electrons. The van der Waals surface area contributed by atoms with Crippen molar-refractivity contribution in [3.8, 4) is 34.1 Å². The molecule has 36 heavy (non-hydrogen) atoms. The van der Waals surface area contributed by atoms with Crippen LogP contribution in [0.3, 0.4) is 0 Å². The number of carbonyl (C=O) groups excluding carboxylic acids is 1. The van der Waals surface area contributed by atoms with Crippen molar-refractivity contribution in [2.24, 2.45) is 0 Å². The van der Waals surface area contributed by atoms with E-state index in [4.69, 9.17) is 20.9 Å². The molecule has 0 saturated heterocycles. The largest absolute Gasteiger partial charge is 0.457 e. The van der Waals surface area contributed by atoms with Crippen LogP contribution in [0.2, 0.25) is 0 Å². The fourth-order valence-corrected chi connectivity index (χ4v) is 3.77. The summed E-state index contributed by atoms with van der Waals surface area (Å²) in [5.74, 6) is 1.94. The predicted molar refractivity (Wildman–Crippen MR) is 144 cm³/mol. The Morgan fingerprint density at radius 2 is 1.06 bits per heavy atom. The maximum atomic E-state index is 13.6. The zero-order chi connectivity index (χ0) is 24.9. The van der Waals surface area contributed by atoms with Crippen LogP contribution in [0.15, 0.2) is 121 Å². The highest BCUT2D eigenvalue weighted by molar-refractivity contribution is 6.11. The summed E-state index contributed by atoms with van der Waals surface area (Å²) >= 11 is 0. The first-order valence-corrected chi connectivity index (χ1v) is 11.5. The second-order valence-corrected chi connectivity index (χ2v) is 8.27. The fraction of sp³-hybridized carbons (Fsp3) is 0. The van der Waals surface area contributed by atoms with Gasteiger partial charge >= 0.3 is 0 Å². The number of ketones is 1. The molecule has 0 amide bonds. The van der Waals surface area contributed by atoms with Crippen LogP contribution in [-0.4, -0.2) is 5.78 Å². The molecule has 0 aliphatic carbocycles. The van der Waals surface area contributed by atoms with Crippen molar-refractivity contribution in [2.45, 2.75) is 0 Å². The van der Waals surface area contributed by atoms with Gasteiger partial charge in [0.1, 0.15) is 23.0 Å². The van der Waals surface area contributed by atoms with E-state index in [1.165, 1.54) is 0 Å². The lowest BCUT2D eigenvalue weighted by molar-refractivity contribution is 0.103. The summed E-state index contributed by atoms with van der Waals surface area (Å²) in [6, 6.07) is 36.8. The number of hydrogen-bond donors (Lipinski definition) is 2. The number of hydrogen-bond acceptors (Lipinski definition) is 5. The Kier molecular flexibility index (Phi) is 6.36. The molecule has 0 aliphatic heterocycles. The molecule has 0 atom stereocenters. The standard InChI is InChI=1S/C31H24N2O3/c32-24-10-14-26(15-11-24)35-28-18-19-30(36-27-16-12-25(33)13-17-27)29(20-28)31(34)23-8-6-22(7-9-23)21-4-2-1-3-5-21/h1-20H,32-33H2. The van der Waals surface area contributed by atoms with Crippen molar-refractivity contribution in [2.75, 3.05) is 11.5 Å². The van der Waals surface area contributed by atoms with Gasteiger partial charge in [0.05, 0.1) is 5.56 Å². The molecular formula is C31H24N2O3. The van der Waals surface area contributed by atoms with Gasteiger partial charge in [0, 0.05) is 16.9 Å². The highest BCUT2D eigenvalue weighted by Gasteiger charge is 2.18. The average molecular weight is 473 g/mol. The van der Waals surface area contributed by atoms with Crippen LogP contribution in [0.25, 0.3) is 11.1 Å². The van der Waals surface area contributed by atoms with E-state index in [9.17, 15) is 4.79 Å². The molecule has 176 valence electrons. The van der Waals surface area contributed by atoms with Gasteiger partial charge in [-0.3, -0.25) is 4.79 Å². The third kappa shape index (κ3) is 5.21. The molecule has 0 aliphatic rings. The van der Waals surface area contributed by atoms with E-state index in [-0.39, 0.29) is 5.78 Å². The van der Waals surface area contributed by atoms with E-state index in [1.807, 2.05) is 54.6 Å². The summed E-state index contributed by atoms with van der Waals surface area (Å²) in [5, 5.41) is 0. The van der Waals surface area contributed by atoms with Crippen LogP contribution in [0.4, 0.5) is 11.4 Å². The number of rotatable bonds is 7. The number of nitrogen functional groups attached to an aromatic ring is 2. The summed E-state index contributed by atoms with van der Waals surface area (Å²) in [6.45, 7) is 0. The zero-order valence-electron chi connectivity index (χ0n) is 19.4. The minimum absolute atomic E-state index is 0.178. The van der Waals surface area contributed by atoms with Crippen molar-refractivity contribution in [1.29, 1.82) is 0 Å². The summed E-state index contributed by atoms with van der Waals surface area (Å²) in [7, 11) is 0. The monoisotopic (exact) mass is 472 g/mol. The molecule has 0 fully saturated rings. The van der Waals surface area contributed by atoms with E-state index < -0.39 is 0 Å². The average Bonchev–Trinajstić information content (AvgIpc) is 2.92. The first kappa shape index (κ1) is 22.7.